The second kappa shape index (κ2) is 9.25. The van der Waals surface area contributed by atoms with Gasteiger partial charge in [-0.25, -0.2) is 0 Å². The minimum Gasteiger partial charge on any atom is -0.306 e. The lowest BCUT2D eigenvalue weighted by Crippen LogP contribution is -2.32. The Labute approximate surface area is 179 Å². The SMILES string of the molecule is C[C@H](CC(=O)N(Cc1ccccn1)c1ccc2c(c1)[C@@H](C)CCC2)c1ccccc1. The summed E-state index contributed by atoms with van der Waals surface area (Å²) in [5, 5.41) is 0. The largest absolute Gasteiger partial charge is 0.306 e. The number of anilines is 1. The molecule has 1 amide bonds. The van der Waals surface area contributed by atoms with Crippen LogP contribution in [0.25, 0.3) is 0 Å². The van der Waals surface area contributed by atoms with Crippen LogP contribution < -0.4 is 4.90 Å². The molecule has 2 atom stereocenters. The number of carbonyl (C=O) groups excluding carboxylic acids is 1. The third-order valence-electron chi connectivity index (χ3n) is 6.25. The number of pyridine rings is 1. The lowest BCUT2D eigenvalue weighted by Gasteiger charge is -2.28. The number of aryl methyl sites for hydroxylation is 1. The predicted octanol–water partition coefficient (Wildman–Crippen LogP) is 6.25. The number of benzene rings is 2. The van der Waals surface area contributed by atoms with Crippen molar-refractivity contribution >= 4 is 11.6 Å². The lowest BCUT2D eigenvalue weighted by molar-refractivity contribution is -0.119. The van der Waals surface area contributed by atoms with E-state index in [1.165, 1.54) is 29.5 Å². The number of nitrogens with zero attached hydrogens (tertiary/aromatic N) is 2. The molecule has 3 heteroatoms. The third kappa shape index (κ3) is 4.62. The quantitative estimate of drug-likeness (QED) is 0.492. The maximum Gasteiger partial charge on any atom is 0.227 e. The number of hydrogen-bond acceptors (Lipinski definition) is 2. The van der Waals surface area contributed by atoms with Crippen LogP contribution in [0.2, 0.25) is 0 Å². The molecule has 0 saturated heterocycles. The van der Waals surface area contributed by atoms with E-state index in [0.29, 0.717) is 18.9 Å². The molecule has 0 aliphatic heterocycles. The van der Waals surface area contributed by atoms with Crippen LogP contribution in [0, 0.1) is 0 Å². The third-order valence-corrected chi connectivity index (χ3v) is 6.25. The average molecular weight is 399 g/mol. The minimum atomic E-state index is 0.139. The van der Waals surface area contributed by atoms with Crippen LogP contribution in [0.5, 0.6) is 0 Å². The smallest absolute Gasteiger partial charge is 0.227 e. The fourth-order valence-electron chi connectivity index (χ4n) is 4.44. The normalized spacial score (nSPS) is 16.5. The first-order chi connectivity index (χ1) is 14.6. The van der Waals surface area contributed by atoms with Gasteiger partial charge in [-0.3, -0.25) is 9.78 Å². The van der Waals surface area contributed by atoms with E-state index in [9.17, 15) is 4.79 Å². The highest BCUT2D eigenvalue weighted by Gasteiger charge is 2.23. The van der Waals surface area contributed by atoms with E-state index >= 15 is 0 Å². The monoisotopic (exact) mass is 398 g/mol. The van der Waals surface area contributed by atoms with Crippen LogP contribution in [-0.2, 0) is 17.8 Å². The lowest BCUT2D eigenvalue weighted by atomic mass is 9.83. The first-order valence-corrected chi connectivity index (χ1v) is 11.0. The first-order valence-electron chi connectivity index (χ1n) is 11.0. The van der Waals surface area contributed by atoms with Crippen LogP contribution >= 0.6 is 0 Å². The van der Waals surface area contributed by atoms with Gasteiger partial charge in [-0.15, -0.1) is 0 Å². The highest BCUT2D eigenvalue weighted by Crippen LogP contribution is 2.34. The Morgan fingerprint density at radius 2 is 1.90 bits per heavy atom. The Hall–Kier alpha value is -2.94. The van der Waals surface area contributed by atoms with Crippen LogP contribution in [0.15, 0.2) is 72.9 Å². The van der Waals surface area contributed by atoms with Crippen LogP contribution in [0.1, 0.15) is 67.3 Å². The fourth-order valence-corrected chi connectivity index (χ4v) is 4.44. The molecule has 0 fully saturated rings. The number of hydrogen-bond donors (Lipinski definition) is 0. The maximum absolute atomic E-state index is 13.5. The molecular weight excluding hydrogens is 368 g/mol. The molecule has 0 radical (unpaired) electrons. The Kier molecular flexibility index (Phi) is 6.27. The number of amides is 1. The zero-order valence-electron chi connectivity index (χ0n) is 17.9. The summed E-state index contributed by atoms with van der Waals surface area (Å²) >= 11 is 0. The molecule has 1 aliphatic rings. The number of carbonyl (C=O) groups is 1. The summed E-state index contributed by atoms with van der Waals surface area (Å²) in [4.78, 5) is 19.9. The summed E-state index contributed by atoms with van der Waals surface area (Å²) in [6, 6.07) is 22.7. The van der Waals surface area contributed by atoms with Gasteiger partial charge >= 0.3 is 0 Å². The van der Waals surface area contributed by atoms with Crippen LogP contribution in [0.4, 0.5) is 5.69 Å². The van der Waals surface area contributed by atoms with Crippen LogP contribution in [-0.4, -0.2) is 10.9 Å². The fraction of sp³-hybridized carbons (Fsp3) is 0.333. The summed E-state index contributed by atoms with van der Waals surface area (Å²) in [7, 11) is 0. The van der Waals surface area contributed by atoms with Gasteiger partial charge in [0, 0.05) is 18.3 Å². The molecule has 1 heterocycles. The molecule has 1 aliphatic carbocycles. The number of fused-ring (bicyclic) bond motifs is 1. The van der Waals surface area contributed by atoms with E-state index < -0.39 is 0 Å². The van der Waals surface area contributed by atoms with Gasteiger partial charge in [0.1, 0.15) is 0 Å². The topological polar surface area (TPSA) is 33.2 Å². The second-order valence-corrected chi connectivity index (χ2v) is 8.49. The van der Waals surface area contributed by atoms with Crippen LogP contribution in [0.3, 0.4) is 0 Å². The number of aromatic nitrogens is 1. The summed E-state index contributed by atoms with van der Waals surface area (Å²) < 4.78 is 0. The van der Waals surface area contributed by atoms with Gasteiger partial charge in [-0.2, -0.15) is 0 Å². The van der Waals surface area contributed by atoms with E-state index in [0.717, 1.165) is 17.8 Å². The summed E-state index contributed by atoms with van der Waals surface area (Å²) in [5.41, 5.74) is 5.92. The van der Waals surface area contributed by atoms with Crippen molar-refractivity contribution in [3.05, 3.63) is 95.3 Å². The standard InChI is InChI=1S/C27H30N2O/c1-20-9-8-12-23-14-15-25(18-26(20)23)29(19-24-13-6-7-16-28-24)27(30)17-21(2)22-10-4-3-5-11-22/h3-7,10-11,13-16,18,20-21H,8-9,12,17,19H2,1-2H3/t20-,21+/m0/s1. The Morgan fingerprint density at radius 1 is 1.10 bits per heavy atom. The van der Waals surface area contributed by atoms with Crippen molar-refractivity contribution in [3.63, 3.8) is 0 Å². The van der Waals surface area contributed by atoms with Gasteiger partial charge in [0.2, 0.25) is 5.91 Å². The highest BCUT2D eigenvalue weighted by atomic mass is 16.2. The molecule has 154 valence electrons. The molecule has 0 unspecified atom stereocenters. The average Bonchev–Trinajstić information content (AvgIpc) is 2.79. The zero-order chi connectivity index (χ0) is 20.9. The van der Waals surface area contributed by atoms with Crippen molar-refractivity contribution < 1.29 is 4.79 Å². The predicted molar refractivity (Wildman–Crippen MR) is 123 cm³/mol. The van der Waals surface area contributed by atoms with Crippen molar-refractivity contribution in [3.8, 4) is 0 Å². The van der Waals surface area contributed by atoms with Crippen molar-refractivity contribution in [1.82, 2.24) is 4.98 Å². The molecule has 3 aromatic rings. The van der Waals surface area contributed by atoms with Gasteiger partial charge in [-0.05, 0) is 72.1 Å². The molecule has 3 nitrogen and oxygen atoms in total. The molecule has 0 N–H and O–H groups in total. The van der Waals surface area contributed by atoms with E-state index in [1.807, 2.05) is 41.3 Å². The van der Waals surface area contributed by atoms with Gasteiger partial charge in [-0.1, -0.05) is 56.3 Å². The van der Waals surface area contributed by atoms with Gasteiger partial charge in [0.15, 0.2) is 0 Å². The highest BCUT2D eigenvalue weighted by molar-refractivity contribution is 5.93. The summed E-state index contributed by atoms with van der Waals surface area (Å²) in [5.74, 6) is 0.852. The Balaban J connectivity index is 1.63. The first kappa shape index (κ1) is 20.3. The summed E-state index contributed by atoms with van der Waals surface area (Å²) in [6.07, 6.45) is 5.87. The zero-order valence-corrected chi connectivity index (χ0v) is 17.9. The van der Waals surface area contributed by atoms with Gasteiger partial charge in [0.05, 0.1) is 12.2 Å². The molecule has 0 saturated carbocycles. The van der Waals surface area contributed by atoms with E-state index in [-0.39, 0.29) is 11.8 Å². The molecule has 2 aromatic carbocycles. The Bertz CT molecular complexity index is 984. The summed E-state index contributed by atoms with van der Waals surface area (Å²) in [6.45, 7) is 4.92. The Morgan fingerprint density at radius 3 is 2.67 bits per heavy atom. The van der Waals surface area contributed by atoms with Crippen molar-refractivity contribution in [1.29, 1.82) is 0 Å². The van der Waals surface area contributed by atoms with Gasteiger partial charge < -0.3 is 4.90 Å². The second-order valence-electron chi connectivity index (χ2n) is 8.49. The molecule has 4 rings (SSSR count). The van der Waals surface area contributed by atoms with Crippen molar-refractivity contribution in [2.75, 3.05) is 4.90 Å². The minimum absolute atomic E-state index is 0.139. The molecule has 0 spiro atoms. The van der Waals surface area contributed by atoms with Crippen molar-refractivity contribution in [2.45, 2.75) is 57.9 Å². The molecule has 30 heavy (non-hydrogen) atoms. The van der Waals surface area contributed by atoms with Gasteiger partial charge in [0.25, 0.3) is 0 Å². The van der Waals surface area contributed by atoms with E-state index in [2.05, 4.69) is 49.2 Å². The van der Waals surface area contributed by atoms with E-state index in [4.69, 9.17) is 0 Å². The van der Waals surface area contributed by atoms with E-state index in [1.54, 1.807) is 6.20 Å². The maximum atomic E-state index is 13.5. The van der Waals surface area contributed by atoms with Crippen molar-refractivity contribution in [2.24, 2.45) is 0 Å². The molecule has 1 aromatic heterocycles. The number of rotatable bonds is 6. The molecule has 0 bridgehead atoms. The molecular formula is C27H30N2O.